The largest absolute Gasteiger partial charge is 0.451 e. The molecular weight excluding hydrogens is 304 g/mol. The molecule has 3 rings (SSSR count). The minimum absolute atomic E-state index is 0.173. The topological polar surface area (TPSA) is 61.2 Å². The molecule has 1 atom stereocenters. The fraction of sp³-hybridized carbons (Fsp3) is 0.316. The molecule has 0 fully saturated rings. The summed E-state index contributed by atoms with van der Waals surface area (Å²) < 4.78 is 6.86. The molecule has 5 heteroatoms. The van der Waals surface area contributed by atoms with Crippen molar-refractivity contribution in [3.8, 4) is 0 Å². The predicted molar refractivity (Wildman–Crippen MR) is 90.6 cm³/mol. The zero-order valence-electron chi connectivity index (χ0n) is 13.9. The fourth-order valence-electron chi connectivity index (χ4n) is 2.92. The summed E-state index contributed by atoms with van der Waals surface area (Å²) in [4.78, 5) is 24.3. The molecule has 0 amide bonds. The maximum atomic E-state index is 12.4. The molecule has 0 radical (unpaired) electrons. The van der Waals surface area contributed by atoms with Gasteiger partial charge in [-0.25, -0.2) is 4.79 Å². The molecule has 1 heterocycles. The minimum Gasteiger partial charge on any atom is -0.451 e. The van der Waals surface area contributed by atoms with Gasteiger partial charge in [-0.05, 0) is 49.5 Å². The number of aromatic nitrogens is 2. The summed E-state index contributed by atoms with van der Waals surface area (Å²) in [5, 5.41) is 4.01. The third kappa shape index (κ3) is 3.62. The second-order valence-electron chi connectivity index (χ2n) is 6.06. The van der Waals surface area contributed by atoms with Crippen LogP contribution in [0, 0.1) is 0 Å². The number of fused-ring (bicyclic) bond motifs is 1. The number of benzene rings is 1. The van der Waals surface area contributed by atoms with Crippen LogP contribution in [0.25, 0.3) is 6.08 Å². The summed E-state index contributed by atoms with van der Waals surface area (Å²) in [5.74, 6) is -0.714. The molecule has 0 spiro atoms. The van der Waals surface area contributed by atoms with Crippen LogP contribution in [-0.2, 0) is 29.4 Å². The van der Waals surface area contributed by atoms with Crippen LogP contribution in [0.5, 0.6) is 0 Å². The maximum absolute atomic E-state index is 12.4. The van der Waals surface area contributed by atoms with Crippen LogP contribution in [0.15, 0.2) is 36.7 Å². The number of nitrogens with zero attached hydrogens (tertiary/aromatic N) is 2. The summed E-state index contributed by atoms with van der Waals surface area (Å²) in [5.41, 5.74) is 3.95. The van der Waals surface area contributed by atoms with Gasteiger partial charge in [-0.15, -0.1) is 0 Å². The van der Waals surface area contributed by atoms with Crippen LogP contribution in [-0.4, -0.2) is 27.6 Å². The molecule has 124 valence electrons. The maximum Gasteiger partial charge on any atom is 0.331 e. The summed E-state index contributed by atoms with van der Waals surface area (Å²) in [7, 11) is 1.80. The first kappa shape index (κ1) is 16.2. The average Bonchev–Trinajstić information content (AvgIpc) is 3.19. The van der Waals surface area contributed by atoms with E-state index in [9.17, 15) is 9.59 Å². The number of ketones is 1. The number of ether oxygens (including phenoxy) is 1. The van der Waals surface area contributed by atoms with Crippen molar-refractivity contribution in [3.05, 3.63) is 58.9 Å². The Balaban J connectivity index is 1.61. The molecular formula is C19H20N2O3. The molecule has 5 nitrogen and oxygen atoms in total. The van der Waals surface area contributed by atoms with E-state index in [0.29, 0.717) is 5.56 Å². The minimum atomic E-state index is -0.810. The van der Waals surface area contributed by atoms with E-state index in [1.54, 1.807) is 37.1 Å². The van der Waals surface area contributed by atoms with Crippen LogP contribution in [0.3, 0.4) is 0 Å². The van der Waals surface area contributed by atoms with Gasteiger partial charge < -0.3 is 4.74 Å². The zero-order chi connectivity index (χ0) is 17.1. The Morgan fingerprint density at radius 1 is 1.29 bits per heavy atom. The standard InChI is InChI=1S/C19H20N2O3/c1-13(24-18(22)9-6-14-11-20-21(2)12-14)19(23)17-8-7-15-4-3-5-16(15)10-17/h6-13H,3-5H2,1-2H3/b9-6+/t13-/m0/s1. The highest BCUT2D eigenvalue weighted by Gasteiger charge is 2.20. The summed E-state index contributed by atoms with van der Waals surface area (Å²) in [6.45, 7) is 1.60. The number of Topliss-reactive ketones (excluding diaryl/α,β-unsaturated/α-hetero) is 1. The second-order valence-corrected chi connectivity index (χ2v) is 6.06. The Hall–Kier alpha value is -2.69. The van der Waals surface area contributed by atoms with Gasteiger partial charge in [0, 0.05) is 30.4 Å². The lowest BCUT2D eigenvalue weighted by Gasteiger charge is -2.11. The molecule has 0 saturated carbocycles. The molecule has 1 aromatic heterocycles. The zero-order valence-corrected chi connectivity index (χ0v) is 13.9. The lowest BCUT2D eigenvalue weighted by atomic mass is 10.0. The normalized spacial score (nSPS) is 14.6. The van der Waals surface area contributed by atoms with Crippen molar-refractivity contribution in [2.45, 2.75) is 32.3 Å². The van der Waals surface area contributed by atoms with E-state index in [0.717, 1.165) is 24.8 Å². The van der Waals surface area contributed by atoms with Crippen molar-refractivity contribution in [3.63, 3.8) is 0 Å². The van der Waals surface area contributed by atoms with Gasteiger partial charge in [0.2, 0.25) is 5.78 Å². The number of carbonyl (C=O) groups excluding carboxylic acids is 2. The van der Waals surface area contributed by atoms with Gasteiger partial charge in [-0.1, -0.05) is 12.1 Å². The van der Waals surface area contributed by atoms with E-state index in [1.807, 2.05) is 18.2 Å². The van der Waals surface area contributed by atoms with E-state index >= 15 is 0 Å². The molecule has 0 N–H and O–H groups in total. The molecule has 0 unspecified atom stereocenters. The molecule has 1 aliphatic carbocycles. The number of rotatable bonds is 5. The van der Waals surface area contributed by atoms with Gasteiger partial charge in [-0.3, -0.25) is 9.48 Å². The van der Waals surface area contributed by atoms with Crippen LogP contribution in [0.2, 0.25) is 0 Å². The smallest absolute Gasteiger partial charge is 0.331 e. The summed E-state index contributed by atoms with van der Waals surface area (Å²) in [6.07, 6.45) is 8.76. The van der Waals surface area contributed by atoms with Gasteiger partial charge in [0.1, 0.15) is 0 Å². The predicted octanol–water partition coefficient (Wildman–Crippen LogP) is 2.74. The van der Waals surface area contributed by atoms with Crippen molar-refractivity contribution >= 4 is 17.8 Å². The SMILES string of the molecule is C[C@H](OC(=O)/C=C/c1cnn(C)c1)C(=O)c1ccc2c(c1)CCC2. The van der Waals surface area contributed by atoms with Crippen LogP contribution >= 0.6 is 0 Å². The average molecular weight is 324 g/mol. The highest BCUT2D eigenvalue weighted by molar-refractivity contribution is 6.01. The van der Waals surface area contributed by atoms with Crippen molar-refractivity contribution in [1.82, 2.24) is 9.78 Å². The van der Waals surface area contributed by atoms with Crippen molar-refractivity contribution in [2.75, 3.05) is 0 Å². The molecule has 0 aliphatic heterocycles. The van der Waals surface area contributed by atoms with Crippen LogP contribution in [0.4, 0.5) is 0 Å². The van der Waals surface area contributed by atoms with Crippen LogP contribution < -0.4 is 0 Å². The molecule has 0 saturated heterocycles. The molecule has 24 heavy (non-hydrogen) atoms. The van der Waals surface area contributed by atoms with Gasteiger partial charge in [0.25, 0.3) is 0 Å². The van der Waals surface area contributed by atoms with E-state index in [1.165, 1.54) is 17.2 Å². The number of hydrogen-bond acceptors (Lipinski definition) is 4. The van der Waals surface area contributed by atoms with E-state index in [4.69, 9.17) is 4.74 Å². The van der Waals surface area contributed by atoms with Gasteiger partial charge in [-0.2, -0.15) is 5.10 Å². The number of hydrogen-bond donors (Lipinski definition) is 0. The molecule has 1 aliphatic rings. The van der Waals surface area contributed by atoms with E-state index in [-0.39, 0.29) is 5.78 Å². The van der Waals surface area contributed by atoms with Gasteiger partial charge in [0.05, 0.1) is 6.20 Å². The van der Waals surface area contributed by atoms with E-state index in [2.05, 4.69) is 5.10 Å². The molecule has 0 bridgehead atoms. The number of carbonyl (C=O) groups is 2. The Bertz CT molecular complexity index is 805. The van der Waals surface area contributed by atoms with Gasteiger partial charge in [0.15, 0.2) is 6.10 Å². The second kappa shape index (κ2) is 6.83. The first-order valence-electron chi connectivity index (χ1n) is 8.06. The van der Waals surface area contributed by atoms with Crippen molar-refractivity contribution < 1.29 is 14.3 Å². The first-order chi connectivity index (χ1) is 11.5. The highest BCUT2D eigenvalue weighted by atomic mass is 16.5. The quantitative estimate of drug-likeness (QED) is 0.482. The lowest BCUT2D eigenvalue weighted by Crippen LogP contribution is -2.23. The highest BCUT2D eigenvalue weighted by Crippen LogP contribution is 2.23. The Labute approximate surface area is 140 Å². The monoisotopic (exact) mass is 324 g/mol. The summed E-state index contributed by atoms with van der Waals surface area (Å²) >= 11 is 0. The summed E-state index contributed by atoms with van der Waals surface area (Å²) in [6, 6.07) is 5.76. The van der Waals surface area contributed by atoms with Crippen molar-refractivity contribution in [2.24, 2.45) is 7.05 Å². The third-order valence-corrected chi connectivity index (χ3v) is 4.18. The number of aryl methyl sites for hydroxylation is 3. The Morgan fingerprint density at radius 3 is 2.83 bits per heavy atom. The Morgan fingerprint density at radius 2 is 2.08 bits per heavy atom. The lowest BCUT2D eigenvalue weighted by molar-refractivity contribution is -0.140. The third-order valence-electron chi connectivity index (χ3n) is 4.18. The first-order valence-corrected chi connectivity index (χ1v) is 8.06. The number of esters is 1. The van der Waals surface area contributed by atoms with Crippen LogP contribution in [0.1, 0.15) is 40.4 Å². The fourth-order valence-corrected chi connectivity index (χ4v) is 2.92. The Kier molecular flexibility index (Phi) is 4.60. The van der Waals surface area contributed by atoms with Gasteiger partial charge >= 0.3 is 5.97 Å². The van der Waals surface area contributed by atoms with Crippen molar-refractivity contribution in [1.29, 1.82) is 0 Å². The molecule has 1 aromatic carbocycles. The molecule has 2 aromatic rings. The van der Waals surface area contributed by atoms with E-state index < -0.39 is 12.1 Å².